The van der Waals surface area contributed by atoms with E-state index in [1.165, 1.54) is 18.9 Å². The molecule has 0 aliphatic heterocycles. The fourth-order valence-electron chi connectivity index (χ4n) is 3.93. The fraction of sp³-hybridized carbons (Fsp3) is 0.333. The molecule has 0 unspecified atom stereocenters. The number of carboxylic acids is 1. The van der Waals surface area contributed by atoms with Crippen LogP contribution in [0.4, 0.5) is 0 Å². The molecule has 11 heteroatoms. The minimum absolute atomic E-state index is 0.0546. The van der Waals surface area contributed by atoms with E-state index in [-0.39, 0.29) is 24.6 Å². The predicted octanol–water partition coefficient (Wildman–Crippen LogP) is 4.37. The molecule has 0 aliphatic rings. The van der Waals surface area contributed by atoms with E-state index < -0.39 is 23.9 Å². The first-order valence-corrected chi connectivity index (χ1v) is 12.3. The maximum absolute atomic E-state index is 13.3. The van der Waals surface area contributed by atoms with Gasteiger partial charge < -0.3 is 24.6 Å². The smallest absolute Gasteiger partial charge is 0.343 e. The van der Waals surface area contributed by atoms with Gasteiger partial charge in [0, 0.05) is 11.1 Å². The van der Waals surface area contributed by atoms with Crippen LogP contribution in [0.15, 0.2) is 48.5 Å². The number of hydrogen-bond donors (Lipinski definition) is 2. The summed E-state index contributed by atoms with van der Waals surface area (Å²) in [5.41, 5.74) is 1.54. The highest BCUT2D eigenvalue weighted by Gasteiger charge is 2.25. The number of nitrogens with one attached hydrogen (secondary N) is 1. The number of aromatic nitrogens is 2. The number of hydrogen-bond acceptors (Lipinski definition) is 7. The van der Waals surface area contributed by atoms with E-state index in [1.54, 1.807) is 48.5 Å². The standard InChI is InChI=1S/C27H30ClN3O7/c1-16(2)12-18(13-24(32)33)29-27(35)20-14-21(31(30-20)19-10-8-17(28)9-11-19)26-22(36-3)6-5-7-23(26)38-15-25(34)37-4/h5-11,14,16,18H,12-13,15H2,1-4H3,(H,29,35)(H,32,33)/t18-/m0/s1. The summed E-state index contributed by atoms with van der Waals surface area (Å²) in [5, 5.41) is 17.2. The maximum Gasteiger partial charge on any atom is 0.343 e. The number of methoxy groups -OCH3 is 2. The molecule has 202 valence electrons. The van der Waals surface area contributed by atoms with Gasteiger partial charge in [0.25, 0.3) is 5.91 Å². The minimum atomic E-state index is -1.01. The van der Waals surface area contributed by atoms with Crippen molar-refractivity contribution in [3.05, 3.63) is 59.2 Å². The molecule has 3 aromatic rings. The van der Waals surface area contributed by atoms with Crippen molar-refractivity contribution in [2.24, 2.45) is 5.92 Å². The summed E-state index contributed by atoms with van der Waals surface area (Å²) in [4.78, 5) is 36.4. The fourth-order valence-corrected chi connectivity index (χ4v) is 4.06. The Hall–Kier alpha value is -4.05. The van der Waals surface area contributed by atoms with Gasteiger partial charge in [0.15, 0.2) is 12.3 Å². The number of halogens is 1. The van der Waals surface area contributed by atoms with Gasteiger partial charge in [-0.3, -0.25) is 9.59 Å². The second kappa shape index (κ2) is 13.0. The molecule has 10 nitrogen and oxygen atoms in total. The Bertz CT molecular complexity index is 1290. The number of carboxylic acid groups (broad SMARTS) is 1. The topological polar surface area (TPSA) is 129 Å². The lowest BCUT2D eigenvalue weighted by Crippen LogP contribution is -2.37. The summed E-state index contributed by atoms with van der Waals surface area (Å²) >= 11 is 6.08. The Kier molecular flexibility index (Phi) is 9.72. The molecular weight excluding hydrogens is 514 g/mol. The zero-order valence-electron chi connectivity index (χ0n) is 21.6. The number of ether oxygens (including phenoxy) is 3. The van der Waals surface area contributed by atoms with Crippen molar-refractivity contribution in [1.82, 2.24) is 15.1 Å². The Morgan fingerprint density at radius 2 is 1.76 bits per heavy atom. The maximum atomic E-state index is 13.3. The average molecular weight is 544 g/mol. The molecule has 0 spiro atoms. The second-order valence-corrected chi connectivity index (χ2v) is 9.34. The molecule has 0 bridgehead atoms. The van der Waals surface area contributed by atoms with Gasteiger partial charge in [0.05, 0.1) is 37.6 Å². The van der Waals surface area contributed by atoms with Gasteiger partial charge in [-0.2, -0.15) is 5.10 Å². The molecule has 0 radical (unpaired) electrons. The number of rotatable bonds is 12. The van der Waals surface area contributed by atoms with Gasteiger partial charge in [-0.05, 0) is 54.8 Å². The van der Waals surface area contributed by atoms with E-state index in [2.05, 4.69) is 15.2 Å². The molecule has 38 heavy (non-hydrogen) atoms. The molecule has 1 amide bonds. The van der Waals surface area contributed by atoms with Gasteiger partial charge in [-0.25, -0.2) is 9.48 Å². The quantitative estimate of drug-likeness (QED) is 0.322. The number of amides is 1. The van der Waals surface area contributed by atoms with Crippen LogP contribution < -0.4 is 14.8 Å². The monoisotopic (exact) mass is 543 g/mol. The zero-order valence-corrected chi connectivity index (χ0v) is 22.3. The average Bonchev–Trinajstić information content (AvgIpc) is 3.31. The van der Waals surface area contributed by atoms with Gasteiger partial charge in [0.2, 0.25) is 0 Å². The van der Waals surface area contributed by atoms with E-state index in [0.29, 0.717) is 39.9 Å². The SMILES string of the molecule is COC(=O)COc1cccc(OC)c1-c1cc(C(=O)N[C@H](CC(=O)O)CC(C)C)nn1-c1ccc(Cl)cc1. The Morgan fingerprint density at radius 1 is 1.08 bits per heavy atom. The van der Waals surface area contributed by atoms with Crippen LogP contribution in [0.1, 0.15) is 37.2 Å². The number of carbonyl (C=O) groups excluding carboxylic acids is 2. The van der Waals surface area contributed by atoms with Gasteiger partial charge in [0.1, 0.15) is 11.5 Å². The lowest BCUT2D eigenvalue weighted by atomic mass is 10.0. The third-order valence-corrected chi connectivity index (χ3v) is 5.81. The Morgan fingerprint density at radius 3 is 2.37 bits per heavy atom. The number of esters is 1. The molecule has 2 N–H and O–H groups in total. The normalized spacial score (nSPS) is 11.6. The van der Waals surface area contributed by atoms with E-state index in [0.717, 1.165) is 0 Å². The van der Waals surface area contributed by atoms with Crippen LogP contribution in [0.2, 0.25) is 5.02 Å². The summed E-state index contributed by atoms with van der Waals surface area (Å²) in [6, 6.07) is 12.9. The van der Waals surface area contributed by atoms with E-state index in [1.807, 2.05) is 13.8 Å². The lowest BCUT2D eigenvalue weighted by Gasteiger charge is -2.18. The molecule has 1 aromatic heterocycles. The van der Waals surface area contributed by atoms with E-state index >= 15 is 0 Å². The molecule has 2 aromatic carbocycles. The van der Waals surface area contributed by atoms with Gasteiger partial charge in [-0.1, -0.05) is 31.5 Å². The van der Waals surface area contributed by atoms with Gasteiger partial charge in [-0.15, -0.1) is 0 Å². The first kappa shape index (κ1) is 28.5. The van der Waals surface area contributed by atoms with Crippen molar-refractivity contribution in [2.75, 3.05) is 20.8 Å². The van der Waals surface area contributed by atoms with Crippen LogP contribution in [0, 0.1) is 5.92 Å². The summed E-state index contributed by atoms with van der Waals surface area (Å²) in [7, 11) is 2.75. The number of carbonyl (C=O) groups is 3. The van der Waals surface area contributed by atoms with Crippen molar-refractivity contribution >= 4 is 29.4 Å². The molecule has 1 atom stereocenters. The van der Waals surface area contributed by atoms with E-state index in [9.17, 15) is 19.5 Å². The number of aliphatic carboxylic acids is 1. The lowest BCUT2D eigenvalue weighted by molar-refractivity contribution is -0.143. The number of nitrogens with zero attached hydrogens (tertiary/aromatic N) is 2. The summed E-state index contributed by atoms with van der Waals surface area (Å²) in [6.07, 6.45) is 0.271. The van der Waals surface area contributed by atoms with Crippen LogP contribution in [-0.2, 0) is 14.3 Å². The van der Waals surface area contributed by atoms with Crippen LogP contribution in [-0.4, -0.2) is 59.6 Å². The number of benzene rings is 2. The van der Waals surface area contributed by atoms with Crippen LogP contribution in [0.5, 0.6) is 11.5 Å². The highest BCUT2D eigenvalue weighted by molar-refractivity contribution is 6.30. The minimum Gasteiger partial charge on any atom is -0.496 e. The second-order valence-electron chi connectivity index (χ2n) is 8.90. The Labute approximate surface area is 225 Å². The molecule has 0 fully saturated rings. The van der Waals surface area contributed by atoms with Crippen molar-refractivity contribution in [1.29, 1.82) is 0 Å². The highest BCUT2D eigenvalue weighted by Crippen LogP contribution is 2.40. The molecule has 0 saturated heterocycles. The predicted molar refractivity (Wildman–Crippen MR) is 141 cm³/mol. The van der Waals surface area contributed by atoms with Crippen molar-refractivity contribution < 1.29 is 33.7 Å². The van der Waals surface area contributed by atoms with Crippen LogP contribution >= 0.6 is 11.6 Å². The molecular formula is C27H30ClN3O7. The van der Waals surface area contributed by atoms with Crippen LogP contribution in [0.25, 0.3) is 16.9 Å². The Balaban J connectivity index is 2.12. The first-order chi connectivity index (χ1) is 18.1. The van der Waals surface area contributed by atoms with Crippen molar-refractivity contribution in [3.8, 4) is 28.4 Å². The van der Waals surface area contributed by atoms with Crippen molar-refractivity contribution in [3.63, 3.8) is 0 Å². The molecule has 1 heterocycles. The molecule has 0 aliphatic carbocycles. The summed E-state index contributed by atoms with van der Waals surface area (Å²) in [6.45, 7) is 3.56. The summed E-state index contributed by atoms with van der Waals surface area (Å²) < 4.78 is 17.5. The highest BCUT2D eigenvalue weighted by atomic mass is 35.5. The molecule has 3 rings (SSSR count). The zero-order chi connectivity index (χ0) is 27.8. The van der Waals surface area contributed by atoms with Gasteiger partial charge >= 0.3 is 11.9 Å². The molecule has 0 saturated carbocycles. The van der Waals surface area contributed by atoms with Crippen LogP contribution in [0.3, 0.4) is 0 Å². The third-order valence-electron chi connectivity index (χ3n) is 5.56. The largest absolute Gasteiger partial charge is 0.496 e. The summed E-state index contributed by atoms with van der Waals surface area (Å²) in [5.74, 6) is -1.22. The van der Waals surface area contributed by atoms with E-state index in [4.69, 9.17) is 21.1 Å². The van der Waals surface area contributed by atoms with Crippen molar-refractivity contribution in [2.45, 2.75) is 32.7 Å². The first-order valence-electron chi connectivity index (χ1n) is 11.9. The third kappa shape index (κ3) is 7.25.